The van der Waals surface area contributed by atoms with Crippen molar-refractivity contribution in [3.63, 3.8) is 0 Å². The molecule has 2 heterocycles. The Bertz CT molecular complexity index is 1070. The molecular formula is C20H18N4O3. The van der Waals surface area contributed by atoms with Crippen LogP contribution in [0.4, 0.5) is 10.5 Å². The number of carbonyl (C=O) groups is 1. The van der Waals surface area contributed by atoms with Gasteiger partial charge in [-0.3, -0.25) is 4.90 Å². The van der Waals surface area contributed by atoms with E-state index in [1.165, 1.54) is 9.58 Å². The first-order valence-corrected chi connectivity index (χ1v) is 8.53. The lowest BCUT2D eigenvalue weighted by molar-refractivity contribution is 0.250. The molecule has 0 atom stereocenters. The number of anilines is 1. The van der Waals surface area contributed by atoms with Crippen molar-refractivity contribution in [2.24, 2.45) is 0 Å². The summed E-state index contributed by atoms with van der Waals surface area (Å²) in [6.07, 6.45) is 3.77. The molecule has 0 saturated carbocycles. The number of nitrogens with zero attached hydrogens (tertiary/aromatic N) is 4. The Morgan fingerprint density at radius 1 is 1.11 bits per heavy atom. The number of benzene rings is 2. The fraction of sp³-hybridized carbons (Fsp3) is 0.150. The Kier molecular flexibility index (Phi) is 4.33. The second kappa shape index (κ2) is 6.95. The van der Waals surface area contributed by atoms with Gasteiger partial charge in [0.05, 0.1) is 20.2 Å². The number of allylic oxidation sites excluding steroid dienone is 1. The van der Waals surface area contributed by atoms with Crippen LogP contribution in [-0.2, 0) is 13.1 Å². The summed E-state index contributed by atoms with van der Waals surface area (Å²) in [6, 6.07) is 16.5. The number of hydrogen-bond acceptors (Lipinski definition) is 4. The Morgan fingerprint density at radius 3 is 2.67 bits per heavy atom. The zero-order chi connectivity index (χ0) is 18.8. The van der Waals surface area contributed by atoms with E-state index in [4.69, 9.17) is 4.74 Å². The number of aromatic nitrogens is 3. The molecular weight excluding hydrogens is 344 g/mol. The van der Waals surface area contributed by atoms with E-state index < -0.39 is 11.7 Å². The summed E-state index contributed by atoms with van der Waals surface area (Å²) in [4.78, 5) is 26.8. The minimum absolute atomic E-state index is 0.247. The zero-order valence-corrected chi connectivity index (χ0v) is 14.8. The molecule has 0 N–H and O–H groups in total. The van der Waals surface area contributed by atoms with Gasteiger partial charge in [0.1, 0.15) is 5.75 Å². The first-order chi connectivity index (χ1) is 13.2. The van der Waals surface area contributed by atoms with Crippen molar-refractivity contribution >= 4 is 17.8 Å². The molecule has 0 spiro atoms. The standard InChI is InChI=1S/C20H18N4O3/c1-27-17-11-5-10-16(13-17)22-14-18-21-23(20(26)24(18)19(22)25)12-6-9-15-7-3-2-4-8-15/h2-11,13H,12,14H2,1H3/b9-6+. The SMILES string of the molecule is COc1cccc(N2Cc3nn(C/C=C/c4ccccc4)c(=O)n3C2=O)c1. The van der Waals surface area contributed by atoms with Crippen molar-refractivity contribution in [3.05, 3.63) is 82.5 Å². The predicted octanol–water partition coefficient (Wildman–Crippen LogP) is 2.76. The van der Waals surface area contributed by atoms with Crippen LogP contribution in [-0.4, -0.2) is 27.5 Å². The number of carbonyl (C=O) groups excluding carboxylic acids is 1. The van der Waals surface area contributed by atoms with Gasteiger partial charge in [-0.1, -0.05) is 48.6 Å². The topological polar surface area (TPSA) is 69.4 Å². The third kappa shape index (κ3) is 3.15. The number of rotatable bonds is 5. The summed E-state index contributed by atoms with van der Waals surface area (Å²) in [5.74, 6) is 1.08. The highest BCUT2D eigenvalue weighted by Crippen LogP contribution is 2.25. The fourth-order valence-electron chi connectivity index (χ4n) is 3.03. The molecule has 0 unspecified atom stereocenters. The molecule has 7 heteroatoms. The third-order valence-electron chi connectivity index (χ3n) is 4.38. The summed E-state index contributed by atoms with van der Waals surface area (Å²) in [6.45, 7) is 0.552. The van der Waals surface area contributed by atoms with Gasteiger partial charge in [0, 0.05) is 11.8 Å². The van der Waals surface area contributed by atoms with Crippen LogP contribution in [0.15, 0.2) is 65.5 Å². The van der Waals surface area contributed by atoms with E-state index in [-0.39, 0.29) is 6.54 Å². The van der Waals surface area contributed by atoms with Crippen LogP contribution in [0, 0.1) is 0 Å². The number of hydrogen-bond donors (Lipinski definition) is 0. The number of fused-ring (bicyclic) bond motifs is 1. The molecule has 3 aromatic rings. The molecule has 0 fully saturated rings. The van der Waals surface area contributed by atoms with Crippen molar-refractivity contribution in [3.8, 4) is 5.75 Å². The lowest BCUT2D eigenvalue weighted by Crippen LogP contribution is -2.34. The highest BCUT2D eigenvalue weighted by molar-refractivity contribution is 5.96. The molecule has 1 aromatic heterocycles. The molecule has 1 amide bonds. The number of methoxy groups -OCH3 is 1. The van der Waals surface area contributed by atoms with Crippen LogP contribution >= 0.6 is 0 Å². The number of ether oxygens (including phenoxy) is 1. The van der Waals surface area contributed by atoms with Gasteiger partial charge in [-0.25, -0.2) is 14.3 Å². The van der Waals surface area contributed by atoms with E-state index in [0.717, 1.165) is 10.1 Å². The summed E-state index contributed by atoms with van der Waals surface area (Å²) in [7, 11) is 1.57. The Morgan fingerprint density at radius 2 is 1.93 bits per heavy atom. The second-order valence-electron chi connectivity index (χ2n) is 6.10. The van der Waals surface area contributed by atoms with Gasteiger partial charge in [-0.2, -0.15) is 9.67 Å². The average molecular weight is 362 g/mol. The van der Waals surface area contributed by atoms with Crippen molar-refractivity contribution < 1.29 is 9.53 Å². The molecule has 136 valence electrons. The fourth-order valence-corrected chi connectivity index (χ4v) is 3.03. The molecule has 0 aliphatic carbocycles. The molecule has 2 aromatic carbocycles. The molecule has 0 bridgehead atoms. The first-order valence-electron chi connectivity index (χ1n) is 8.53. The van der Waals surface area contributed by atoms with Crippen molar-refractivity contribution in [1.29, 1.82) is 0 Å². The van der Waals surface area contributed by atoms with E-state index in [0.29, 0.717) is 23.8 Å². The highest BCUT2D eigenvalue weighted by atomic mass is 16.5. The number of amides is 1. The minimum Gasteiger partial charge on any atom is -0.497 e. The van der Waals surface area contributed by atoms with Crippen LogP contribution in [0.2, 0.25) is 0 Å². The molecule has 27 heavy (non-hydrogen) atoms. The molecule has 0 saturated heterocycles. The monoisotopic (exact) mass is 362 g/mol. The largest absolute Gasteiger partial charge is 0.497 e. The molecule has 4 rings (SSSR count). The van der Waals surface area contributed by atoms with Gasteiger partial charge in [0.25, 0.3) is 0 Å². The maximum Gasteiger partial charge on any atom is 0.354 e. The Balaban J connectivity index is 1.54. The van der Waals surface area contributed by atoms with Gasteiger partial charge in [-0.05, 0) is 17.7 Å². The van der Waals surface area contributed by atoms with Gasteiger partial charge in [0.15, 0.2) is 5.82 Å². The van der Waals surface area contributed by atoms with Crippen LogP contribution in [0.1, 0.15) is 11.4 Å². The molecule has 1 aliphatic rings. The van der Waals surface area contributed by atoms with Crippen LogP contribution < -0.4 is 15.3 Å². The normalized spacial score (nSPS) is 13.4. The summed E-state index contributed by atoms with van der Waals surface area (Å²) in [5.41, 5.74) is 1.27. The van der Waals surface area contributed by atoms with E-state index in [1.807, 2.05) is 42.5 Å². The van der Waals surface area contributed by atoms with Gasteiger partial charge in [-0.15, -0.1) is 0 Å². The summed E-state index contributed by atoms with van der Waals surface area (Å²) in [5, 5.41) is 4.31. The second-order valence-corrected chi connectivity index (χ2v) is 6.10. The van der Waals surface area contributed by atoms with Crippen LogP contribution in [0.3, 0.4) is 0 Å². The smallest absolute Gasteiger partial charge is 0.354 e. The van der Waals surface area contributed by atoms with Crippen molar-refractivity contribution in [2.75, 3.05) is 12.0 Å². The van der Waals surface area contributed by atoms with E-state index in [1.54, 1.807) is 31.4 Å². The summed E-state index contributed by atoms with van der Waals surface area (Å²) >= 11 is 0. The average Bonchev–Trinajstić information content (AvgIpc) is 3.19. The molecule has 0 radical (unpaired) electrons. The summed E-state index contributed by atoms with van der Waals surface area (Å²) < 4.78 is 7.62. The first kappa shape index (κ1) is 16.8. The van der Waals surface area contributed by atoms with E-state index in [9.17, 15) is 9.59 Å². The Labute approximate surface area is 155 Å². The minimum atomic E-state index is -0.432. The van der Waals surface area contributed by atoms with Crippen molar-refractivity contribution in [2.45, 2.75) is 13.1 Å². The lowest BCUT2D eigenvalue weighted by atomic mass is 10.2. The van der Waals surface area contributed by atoms with E-state index >= 15 is 0 Å². The maximum absolute atomic E-state index is 12.7. The van der Waals surface area contributed by atoms with Gasteiger partial charge < -0.3 is 4.74 Å². The highest BCUT2D eigenvalue weighted by Gasteiger charge is 2.33. The Hall–Kier alpha value is -3.61. The predicted molar refractivity (Wildman–Crippen MR) is 102 cm³/mol. The van der Waals surface area contributed by atoms with Crippen LogP contribution in [0.25, 0.3) is 6.08 Å². The van der Waals surface area contributed by atoms with Gasteiger partial charge in [0.2, 0.25) is 0 Å². The molecule has 1 aliphatic heterocycles. The molecule has 7 nitrogen and oxygen atoms in total. The zero-order valence-electron chi connectivity index (χ0n) is 14.8. The quantitative estimate of drug-likeness (QED) is 0.700. The lowest BCUT2D eigenvalue weighted by Gasteiger charge is -2.15. The van der Waals surface area contributed by atoms with Gasteiger partial charge >= 0.3 is 11.7 Å². The van der Waals surface area contributed by atoms with E-state index in [2.05, 4.69) is 5.10 Å². The maximum atomic E-state index is 12.7. The van der Waals surface area contributed by atoms with Crippen LogP contribution in [0.5, 0.6) is 5.75 Å². The third-order valence-corrected chi connectivity index (χ3v) is 4.38. The van der Waals surface area contributed by atoms with Crippen molar-refractivity contribution in [1.82, 2.24) is 14.3 Å².